The lowest BCUT2D eigenvalue weighted by molar-refractivity contribution is -0.137. The molecule has 0 aliphatic rings. The molecule has 29 heavy (non-hydrogen) atoms. The molecule has 0 saturated heterocycles. The van der Waals surface area contributed by atoms with E-state index >= 15 is 0 Å². The summed E-state index contributed by atoms with van der Waals surface area (Å²) in [5, 5.41) is 6.07. The number of halogens is 3. The first-order valence-corrected chi connectivity index (χ1v) is 9.04. The molecule has 6 nitrogen and oxygen atoms in total. The lowest BCUT2D eigenvalue weighted by Gasteiger charge is -2.14. The molecule has 10 heteroatoms. The van der Waals surface area contributed by atoms with Crippen LogP contribution in [-0.4, -0.2) is 24.0 Å². The van der Waals surface area contributed by atoms with Gasteiger partial charge in [0.1, 0.15) is 10.8 Å². The lowest BCUT2D eigenvalue weighted by Crippen LogP contribution is -2.34. The number of thiazole rings is 1. The summed E-state index contributed by atoms with van der Waals surface area (Å²) in [5.41, 5.74) is -1.05. The number of carbonyl (C=O) groups is 2. The number of hydrogen-bond acceptors (Lipinski definition) is 5. The average Bonchev–Trinajstić information content (AvgIpc) is 3.21. The molecule has 1 heterocycles. The van der Waals surface area contributed by atoms with Gasteiger partial charge in [-0.2, -0.15) is 13.2 Å². The number of ether oxygens (including phenoxy) is 1. The summed E-state index contributed by atoms with van der Waals surface area (Å²) in [7, 11) is 1.37. The Bertz CT molecular complexity index is 1040. The molecule has 1 aromatic heterocycles. The largest absolute Gasteiger partial charge is 0.496 e. The number of alkyl halides is 3. The van der Waals surface area contributed by atoms with E-state index in [1.54, 1.807) is 23.6 Å². The Labute approximate surface area is 167 Å². The van der Waals surface area contributed by atoms with Gasteiger partial charge in [-0.1, -0.05) is 12.1 Å². The number of aromatic nitrogens is 1. The molecule has 0 aliphatic carbocycles. The Kier molecular flexibility index (Phi) is 5.83. The van der Waals surface area contributed by atoms with Crippen molar-refractivity contribution in [3.05, 3.63) is 65.2 Å². The number of para-hydroxylation sites is 1. The van der Waals surface area contributed by atoms with Crippen molar-refractivity contribution in [1.82, 2.24) is 10.3 Å². The van der Waals surface area contributed by atoms with Crippen LogP contribution in [0.25, 0.3) is 10.6 Å². The van der Waals surface area contributed by atoms with E-state index in [1.807, 2.05) is 0 Å². The van der Waals surface area contributed by atoms with E-state index < -0.39 is 23.7 Å². The normalized spacial score (nSPS) is 11.0. The minimum atomic E-state index is -4.65. The third-order valence-electron chi connectivity index (χ3n) is 3.82. The molecule has 0 fully saturated rings. The number of benzene rings is 2. The van der Waals surface area contributed by atoms with E-state index in [9.17, 15) is 22.8 Å². The first-order valence-electron chi connectivity index (χ1n) is 8.16. The third kappa shape index (κ3) is 4.72. The summed E-state index contributed by atoms with van der Waals surface area (Å²) >= 11 is 1.07. The van der Waals surface area contributed by atoms with Crippen molar-refractivity contribution < 1.29 is 27.5 Å². The molecule has 0 aliphatic heterocycles. The van der Waals surface area contributed by atoms with E-state index in [0.29, 0.717) is 0 Å². The molecule has 150 valence electrons. The molecule has 0 spiro atoms. The summed E-state index contributed by atoms with van der Waals surface area (Å²) in [4.78, 5) is 28.2. The van der Waals surface area contributed by atoms with Crippen LogP contribution in [0.3, 0.4) is 0 Å². The molecule has 3 rings (SSSR count). The smallest absolute Gasteiger partial charge is 0.417 e. The molecule has 0 radical (unpaired) electrons. The van der Waals surface area contributed by atoms with E-state index in [4.69, 9.17) is 4.74 Å². The predicted molar refractivity (Wildman–Crippen MR) is 102 cm³/mol. The number of anilines is 1. The maximum atomic E-state index is 13.5. The lowest BCUT2D eigenvalue weighted by atomic mass is 10.1. The second-order valence-corrected chi connectivity index (χ2v) is 6.60. The van der Waals surface area contributed by atoms with Crippen LogP contribution in [0.1, 0.15) is 15.9 Å². The molecule has 3 amide bonds. The highest BCUT2D eigenvalue weighted by Gasteiger charge is 2.34. The first-order chi connectivity index (χ1) is 13.8. The Hall–Kier alpha value is -3.40. The number of hydrogen-bond donors (Lipinski definition) is 2. The molecule has 0 bridgehead atoms. The minimum Gasteiger partial charge on any atom is -0.496 e. The van der Waals surface area contributed by atoms with Crippen molar-refractivity contribution in [2.45, 2.75) is 6.18 Å². The third-order valence-corrected chi connectivity index (χ3v) is 4.63. The number of nitrogens with one attached hydrogen (secondary N) is 2. The number of carbonyl (C=O) groups excluding carboxylic acids is 2. The van der Waals surface area contributed by atoms with Crippen LogP contribution in [0, 0.1) is 0 Å². The number of nitrogens with zero attached hydrogens (tertiary/aromatic N) is 1. The van der Waals surface area contributed by atoms with Crippen molar-refractivity contribution >= 4 is 29.0 Å². The molecule has 0 saturated carbocycles. The van der Waals surface area contributed by atoms with Crippen LogP contribution in [0.5, 0.6) is 5.75 Å². The van der Waals surface area contributed by atoms with E-state index in [2.05, 4.69) is 15.6 Å². The molecule has 2 aromatic carbocycles. The fourth-order valence-electron chi connectivity index (χ4n) is 2.56. The summed E-state index contributed by atoms with van der Waals surface area (Å²) < 4.78 is 45.4. The SMILES string of the molecule is COc1ccccc1C(=O)NC(=O)Nc1ccc(-c2nccs2)c(C(F)(F)F)c1. The average molecular weight is 421 g/mol. The van der Waals surface area contributed by atoms with Crippen LogP contribution >= 0.6 is 11.3 Å². The molecule has 3 aromatic rings. The van der Waals surface area contributed by atoms with Crippen molar-refractivity contribution in [3.8, 4) is 16.3 Å². The standard InChI is InChI=1S/C19H14F3N3O3S/c1-28-15-5-3-2-4-13(15)16(26)25-18(27)24-11-6-7-12(17-23-8-9-29-17)14(10-11)19(20,21)22/h2-10H,1H3,(H2,24,25,26,27). The van der Waals surface area contributed by atoms with Gasteiger partial charge in [-0.25, -0.2) is 9.78 Å². The van der Waals surface area contributed by atoms with Gasteiger partial charge in [0.25, 0.3) is 5.91 Å². The Morgan fingerprint density at radius 2 is 1.90 bits per heavy atom. The molecule has 0 atom stereocenters. The van der Waals surface area contributed by atoms with Gasteiger partial charge in [-0.15, -0.1) is 11.3 Å². The quantitative estimate of drug-likeness (QED) is 0.634. The zero-order chi connectivity index (χ0) is 21.0. The number of urea groups is 1. The zero-order valence-electron chi connectivity index (χ0n) is 14.9. The van der Waals surface area contributed by atoms with Gasteiger partial charge in [-0.3, -0.25) is 10.1 Å². The van der Waals surface area contributed by atoms with Gasteiger partial charge in [0.05, 0.1) is 18.2 Å². The van der Waals surface area contributed by atoms with Crippen LogP contribution in [0.2, 0.25) is 0 Å². The van der Waals surface area contributed by atoms with Gasteiger partial charge in [0.15, 0.2) is 0 Å². The Morgan fingerprint density at radius 3 is 2.55 bits per heavy atom. The fraction of sp³-hybridized carbons (Fsp3) is 0.105. The highest BCUT2D eigenvalue weighted by atomic mass is 32.1. The molecule has 0 unspecified atom stereocenters. The number of imide groups is 1. The maximum Gasteiger partial charge on any atom is 0.417 e. The molecular formula is C19H14F3N3O3S. The first kappa shape index (κ1) is 20.3. The topological polar surface area (TPSA) is 80.3 Å². The highest BCUT2D eigenvalue weighted by Crippen LogP contribution is 2.39. The fourth-order valence-corrected chi connectivity index (χ4v) is 3.24. The van der Waals surface area contributed by atoms with Gasteiger partial charge in [-0.05, 0) is 30.3 Å². The monoisotopic (exact) mass is 421 g/mol. The van der Waals surface area contributed by atoms with E-state index in [1.165, 1.54) is 31.5 Å². The van der Waals surface area contributed by atoms with Crippen molar-refractivity contribution in [3.63, 3.8) is 0 Å². The number of rotatable bonds is 4. The van der Waals surface area contributed by atoms with Gasteiger partial charge < -0.3 is 10.1 Å². The second kappa shape index (κ2) is 8.31. The number of amides is 3. The van der Waals surface area contributed by atoms with Crippen molar-refractivity contribution in [2.75, 3.05) is 12.4 Å². The van der Waals surface area contributed by atoms with Crippen LogP contribution in [0.15, 0.2) is 54.0 Å². The zero-order valence-corrected chi connectivity index (χ0v) is 15.7. The molecule has 2 N–H and O–H groups in total. The maximum absolute atomic E-state index is 13.5. The van der Waals surface area contributed by atoms with Gasteiger partial charge >= 0.3 is 12.2 Å². The second-order valence-electron chi connectivity index (χ2n) is 5.70. The van der Waals surface area contributed by atoms with Gasteiger partial charge in [0.2, 0.25) is 0 Å². The minimum absolute atomic E-state index is 0.0939. The van der Waals surface area contributed by atoms with Crippen molar-refractivity contribution in [1.29, 1.82) is 0 Å². The summed E-state index contributed by atoms with van der Waals surface area (Å²) in [6.45, 7) is 0. The number of methoxy groups -OCH3 is 1. The van der Waals surface area contributed by atoms with E-state index in [0.717, 1.165) is 17.4 Å². The Morgan fingerprint density at radius 1 is 1.14 bits per heavy atom. The van der Waals surface area contributed by atoms with Crippen molar-refractivity contribution in [2.24, 2.45) is 0 Å². The predicted octanol–water partition coefficient (Wildman–Crippen LogP) is 4.80. The van der Waals surface area contributed by atoms with E-state index in [-0.39, 0.29) is 27.6 Å². The van der Waals surface area contributed by atoms with Crippen LogP contribution in [-0.2, 0) is 6.18 Å². The highest BCUT2D eigenvalue weighted by molar-refractivity contribution is 7.13. The molecular weight excluding hydrogens is 407 g/mol. The van der Waals surface area contributed by atoms with Crippen LogP contribution in [0.4, 0.5) is 23.7 Å². The summed E-state index contributed by atoms with van der Waals surface area (Å²) in [6, 6.07) is 8.57. The van der Waals surface area contributed by atoms with Crippen LogP contribution < -0.4 is 15.4 Å². The summed E-state index contributed by atoms with van der Waals surface area (Å²) in [5.74, 6) is -0.500. The van der Waals surface area contributed by atoms with Gasteiger partial charge in [0, 0.05) is 22.8 Å². The summed E-state index contributed by atoms with van der Waals surface area (Å²) in [6.07, 6.45) is -3.24. The Balaban J connectivity index is 1.79.